The van der Waals surface area contributed by atoms with Gasteiger partial charge in [-0.1, -0.05) is 5.92 Å². The summed E-state index contributed by atoms with van der Waals surface area (Å²) in [6.45, 7) is 0.165. The van der Waals surface area contributed by atoms with Gasteiger partial charge in [0.2, 0.25) is 10.0 Å². The molecule has 0 spiro atoms. The molecule has 0 aromatic heterocycles. The van der Waals surface area contributed by atoms with E-state index in [-0.39, 0.29) is 22.7 Å². The second-order valence-electron chi connectivity index (χ2n) is 3.72. The number of carboxylic acid groups (broad SMARTS) is 1. The molecule has 0 aliphatic rings. The number of hydrogen-bond acceptors (Lipinski definition) is 5. The minimum absolute atomic E-state index is 0.165. The number of anilines is 1. The van der Waals surface area contributed by atoms with Gasteiger partial charge in [-0.25, -0.2) is 17.9 Å². The van der Waals surface area contributed by atoms with Crippen LogP contribution in [0.25, 0.3) is 0 Å². The number of nitrogens with two attached hydrogens (primary N) is 1. The van der Waals surface area contributed by atoms with Crippen LogP contribution >= 0.6 is 11.8 Å². The van der Waals surface area contributed by atoms with Gasteiger partial charge in [-0.3, -0.25) is 0 Å². The Balaban J connectivity index is 2.88. The number of benzene rings is 1. The van der Waals surface area contributed by atoms with Crippen LogP contribution in [0, 0.1) is 12.3 Å². The molecule has 0 aliphatic heterocycles. The molecule has 0 atom stereocenters. The summed E-state index contributed by atoms with van der Waals surface area (Å²) in [6, 6.07) is 3.63. The summed E-state index contributed by atoms with van der Waals surface area (Å²) >= 11 is 1.40. The molecule has 108 valence electrons. The number of sulfonamides is 1. The Morgan fingerprint density at radius 1 is 1.50 bits per heavy atom. The number of nitrogens with one attached hydrogen (secondary N) is 1. The van der Waals surface area contributed by atoms with Crippen molar-refractivity contribution in [2.24, 2.45) is 0 Å². The quantitative estimate of drug-likeness (QED) is 0.386. The molecule has 0 fully saturated rings. The van der Waals surface area contributed by atoms with Crippen LogP contribution in [0.2, 0.25) is 0 Å². The molecule has 0 bridgehead atoms. The fourth-order valence-electron chi connectivity index (χ4n) is 1.41. The molecule has 1 rings (SSSR count). The third kappa shape index (κ3) is 4.45. The highest BCUT2D eigenvalue weighted by Gasteiger charge is 2.21. The molecule has 0 heterocycles. The third-order valence-electron chi connectivity index (χ3n) is 2.25. The number of hydrogen-bond donors (Lipinski definition) is 3. The molecule has 0 saturated carbocycles. The number of carbonyl (C=O) groups is 1. The topological polar surface area (TPSA) is 109 Å². The fourth-order valence-corrected chi connectivity index (χ4v) is 3.25. The Labute approximate surface area is 121 Å². The molecule has 4 N–H and O–H groups in total. The highest BCUT2D eigenvalue weighted by atomic mass is 32.2. The van der Waals surface area contributed by atoms with Crippen molar-refractivity contribution in [1.29, 1.82) is 0 Å². The van der Waals surface area contributed by atoms with Crippen LogP contribution in [0.5, 0.6) is 0 Å². The lowest BCUT2D eigenvalue weighted by molar-refractivity contribution is 0.0692. The van der Waals surface area contributed by atoms with Gasteiger partial charge in [-0.2, -0.15) is 0 Å². The number of nitrogen functional groups attached to an aromatic ring is 1. The Morgan fingerprint density at radius 2 is 2.20 bits per heavy atom. The molecule has 1 aromatic rings. The first kappa shape index (κ1) is 16.4. The Bertz CT molecular complexity index is 635. The second-order valence-corrected chi connectivity index (χ2v) is 6.56. The first-order valence-electron chi connectivity index (χ1n) is 5.52. The number of rotatable bonds is 7. The van der Waals surface area contributed by atoms with Crippen molar-refractivity contribution >= 4 is 33.4 Å². The molecule has 1 aromatic carbocycles. The van der Waals surface area contributed by atoms with Gasteiger partial charge in [-0.15, -0.1) is 18.2 Å². The van der Waals surface area contributed by atoms with Crippen LogP contribution in [-0.4, -0.2) is 37.5 Å². The predicted octanol–water partition coefficient (Wildman–Crippen LogP) is 0.612. The van der Waals surface area contributed by atoms with E-state index in [0.29, 0.717) is 11.5 Å². The van der Waals surface area contributed by atoms with Gasteiger partial charge in [0.25, 0.3) is 0 Å². The molecule has 20 heavy (non-hydrogen) atoms. The predicted molar refractivity (Wildman–Crippen MR) is 79.2 cm³/mol. The lowest BCUT2D eigenvalue weighted by atomic mass is 10.2. The van der Waals surface area contributed by atoms with Crippen molar-refractivity contribution in [1.82, 2.24) is 4.72 Å². The first-order chi connectivity index (χ1) is 9.38. The standard InChI is InChI=1S/C12H14N2O4S2/c1-2-6-19-7-5-14-20(17,18)11-4-3-9(13)8-10(11)12(15)16/h1,3-4,8,14H,5-7,13H2,(H,15,16). The summed E-state index contributed by atoms with van der Waals surface area (Å²) in [5.41, 5.74) is 5.30. The molecule has 0 amide bonds. The third-order valence-corrected chi connectivity index (χ3v) is 4.63. The van der Waals surface area contributed by atoms with Crippen LogP contribution < -0.4 is 10.5 Å². The highest BCUT2D eigenvalue weighted by molar-refractivity contribution is 7.99. The van der Waals surface area contributed by atoms with Crippen LogP contribution in [0.15, 0.2) is 23.1 Å². The van der Waals surface area contributed by atoms with Crippen molar-refractivity contribution in [2.45, 2.75) is 4.90 Å². The van der Waals surface area contributed by atoms with E-state index in [2.05, 4.69) is 10.6 Å². The van der Waals surface area contributed by atoms with Crippen molar-refractivity contribution in [3.05, 3.63) is 23.8 Å². The minimum Gasteiger partial charge on any atom is -0.478 e. The average molecular weight is 314 g/mol. The number of thioether (sulfide) groups is 1. The maximum absolute atomic E-state index is 12.0. The van der Waals surface area contributed by atoms with E-state index in [4.69, 9.17) is 17.3 Å². The van der Waals surface area contributed by atoms with Gasteiger partial charge in [0.15, 0.2) is 0 Å². The Morgan fingerprint density at radius 3 is 2.80 bits per heavy atom. The zero-order valence-electron chi connectivity index (χ0n) is 10.5. The average Bonchev–Trinajstić information content (AvgIpc) is 2.38. The lowest BCUT2D eigenvalue weighted by Gasteiger charge is -2.09. The van der Waals surface area contributed by atoms with Crippen molar-refractivity contribution in [3.63, 3.8) is 0 Å². The van der Waals surface area contributed by atoms with Gasteiger partial charge in [0.1, 0.15) is 0 Å². The van der Waals surface area contributed by atoms with Crippen molar-refractivity contribution < 1.29 is 18.3 Å². The zero-order chi connectivity index (χ0) is 15.2. The Hall–Kier alpha value is -1.69. The SMILES string of the molecule is C#CCSCCNS(=O)(=O)c1ccc(N)cc1C(=O)O. The molecular formula is C12H14N2O4S2. The van der Waals surface area contributed by atoms with E-state index >= 15 is 0 Å². The van der Waals surface area contributed by atoms with Crippen LogP contribution in [0.4, 0.5) is 5.69 Å². The lowest BCUT2D eigenvalue weighted by Crippen LogP contribution is -2.27. The number of carboxylic acids is 1. The normalized spacial score (nSPS) is 10.9. The van der Waals surface area contributed by atoms with Crippen LogP contribution in [0.1, 0.15) is 10.4 Å². The van der Waals surface area contributed by atoms with E-state index < -0.39 is 16.0 Å². The summed E-state index contributed by atoms with van der Waals surface area (Å²) < 4.78 is 26.4. The highest BCUT2D eigenvalue weighted by Crippen LogP contribution is 2.18. The van der Waals surface area contributed by atoms with E-state index in [1.807, 2.05) is 0 Å². The van der Waals surface area contributed by atoms with E-state index in [1.165, 1.54) is 23.9 Å². The number of aromatic carboxylic acids is 1. The molecule has 0 radical (unpaired) electrons. The molecule has 8 heteroatoms. The van der Waals surface area contributed by atoms with Crippen molar-refractivity contribution in [2.75, 3.05) is 23.8 Å². The molecule has 0 unspecified atom stereocenters. The fraction of sp³-hybridized carbons (Fsp3) is 0.250. The largest absolute Gasteiger partial charge is 0.478 e. The molecule has 0 aliphatic carbocycles. The summed E-state index contributed by atoms with van der Waals surface area (Å²) in [4.78, 5) is 10.8. The van der Waals surface area contributed by atoms with E-state index in [0.717, 1.165) is 6.07 Å². The molecule has 6 nitrogen and oxygen atoms in total. The van der Waals surface area contributed by atoms with E-state index in [9.17, 15) is 13.2 Å². The van der Waals surface area contributed by atoms with E-state index in [1.54, 1.807) is 0 Å². The number of terminal acetylenes is 1. The van der Waals surface area contributed by atoms with Gasteiger partial charge in [0.05, 0.1) is 16.2 Å². The molecular weight excluding hydrogens is 300 g/mol. The van der Waals surface area contributed by atoms with Crippen LogP contribution in [-0.2, 0) is 10.0 Å². The summed E-state index contributed by atoms with van der Waals surface area (Å²) in [5.74, 6) is 2.06. The van der Waals surface area contributed by atoms with Gasteiger partial charge in [0, 0.05) is 18.0 Å². The Kier molecular flexibility index (Phi) is 5.88. The summed E-state index contributed by atoms with van der Waals surface area (Å²) in [7, 11) is -3.89. The monoisotopic (exact) mass is 314 g/mol. The van der Waals surface area contributed by atoms with Crippen molar-refractivity contribution in [3.8, 4) is 12.3 Å². The first-order valence-corrected chi connectivity index (χ1v) is 8.16. The van der Waals surface area contributed by atoms with Gasteiger partial charge >= 0.3 is 5.97 Å². The maximum atomic E-state index is 12.0. The van der Waals surface area contributed by atoms with Gasteiger partial charge in [-0.05, 0) is 18.2 Å². The zero-order valence-corrected chi connectivity index (χ0v) is 12.1. The second kappa shape index (κ2) is 7.19. The van der Waals surface area contributed by atoms with Gasteiger partial charge < -0.3 is 10.8 Å². The summed E-state index contributed by atoms with van der Waals surface area (Å²) in [6.07, 6.45) is 5.07. The minimum atomic E-state index is -3.89. The maximum Gasteiger partial charge on any atom is 0.337 e. The molecule has 0 saturated heterocycles. The van der Waals surface area contributed by atoms with Crippen LogP contribution in [0.3, 0.4) is 0 Å². The summed E-state index contributed by atoms with van der Waals surface area (Å²) in [5, 5.41) is 9.02. The smallest absolute Gasteiger partial charge is 0.337 e.